The van der Waals surface area contributed by atoms with Crippen molar-refractivity contribution in [2.24, 2.45) is 0 Å². The zero-order valence-corrected chi connectivity index (χ0v) is 12.5. The summed E-state index contributed by atoms with van der Waals surface area (Å²) in [5, 5.41) is 11.4. The molecule has 0 atom stereocenters. The average Bonchev–Trinajstić information content (AvgIpc) is 2.84. The molecular weight excluding hydrogens is 343 g/mol. The summed E-state index contributed by atoms with van der Waals surface area (Å²) < 4.78 is 14.3. The maximum atomic E-state index is 13.4. The van der Waals surface area contributed by atoms with Gasteiger partial charge in [0.1, 0.15) is 17.5 Å². The third kappa shape index (κ3) is 3.53. The molecule has 0 bridgehead atoms. The van der Waals surface area contributed by atoms with Crippen molar-refractivity contribution < 1.29 is 9.18 Å². The van der Waals surface area contributed by atoms with Crippen LogP contribution in [0.1, 0.15) is 4.88 Å². The lowest BCUT2D eigenvalue weighted by molar-refractivity contribution is -0.112. The number of halogens is 2. The van der Waals surface area contributed by atoms with Crippen molar-refractivity contribution in [3.05, 3.63) is 56.5 Å². The van der Waals surface area contributed by atoms with Crippen molar-refractivity contribution in [1.29, 1.82) is 5.26 Å². The molecule has 1 N–H and O–H groups in total. The van der Waals surface area contributed by atoms with E-state index in [0.29, 0.717) is 0 Å². The molecule has 0 aliphatic carbocycles. The topological polar surface area (TPSA) is 52.9 Å². The van der Waals surface area contributed by atoms with Gasteiger partial charge in [0.2, 0.25) is 0 Å². The molecule has 0 saturated heterocycles. The molecule has 6 heteroatoms. The van der Waals surface area contributed by atoms with Gasteiger partial charge in [0.25, 0.3) is 5.91 Å². The van der Waals surface area contributed by atoms with Crippen LogP contribution in [-0.4, -0.2) is 5.91 Å². The van der Waals surface area contributed by atoms with Crippen LogP contribution in [0.3, 0.4) is 0 Å². The summed E-state index contributed by atoms with van der Waals surface area (Å²) in [5.74, 6) is -1.18. The Morgan fingerprint density at radius 1 is 1.35 bits per heavy atom. The molecule has 0 unspecified atom stereocenters. The van der Waals surface area contributed by atoms with Crippen LogP contribution in [0.2, 0.25) is 0 Å². The standard InChI is InChI=1S/C14H8BrFN2OS/c15-13-6-5-10(20-13)7-9(8-17)14(19)18-12-4-2-1-3-11(12)16/h1-7H,(H,18,19)/b9-7+. The number of carbonyl (C=O) groups excluding carboxylic acids is 1. The van der Waals surface area contributed by atoms with E-state index in [-0.39, 0.29) is 11.3 Å². The quantitative estimate of drug-likeness (QED) is 0.666. The van der Waals surface area contributed by atoms with Gasteiger partial charge in [-0.25, -0.2) is 4.39 Å². The fraction of sp³-hybridized carbons (Fsp3) is 0. The highest BCUT2D eigenvalue weighted by atomic mass is 79.9. The number of anilines is 1. The first-order chi connectivity index (χ1) is 9.60. The molecule has 0 radical (unpaired) electrons. The van der Waals surface area contributed by atoms with Crippen molar-refractivity contribution >= 4 is 44.9 Å². The highest BCUT2D eigenvalue weighted by Crippen LogP contribution is 2.24. The molecule has 3 nitrogen and oxygen atoms in total. The van der Waals surface area contributed by atoms with Gasteiger partial charge in [-0.15, -0.1) is 11.3 Å². The van der Waals surface area contributed by atoms with E-state index in [1.54, 1.807) is 12.1 Å². The molecule has 100 valence electrons. The molecule has 2 rings (SSSR count). The van der Waals surface area contributed by atoms with E-state index in [2.05, 4.69) is 21.2 Å². The second-order valence-electron chi connectivity index (χ2n) is 3.75. The number of nitrogens with one attached hydrogen (secondary N) is 1. The summed E-state index contributed by atoms with van der Waals surface area (Å²) in [6.45, 7) is 0. The van der Waals surface area contributed by atoms with Crippen LogP contribution in [0.5, 0.6) is 0 Å². The number of nitrogens with zero attached hydrogens (tertiary/aromatic N) is 1. The first-order valence-electron chi connectivity index (χ1n) is 5.53. The summed E-state index contributed by atoms with van der Waals surface area (Å²) in [5.41, 5.74) is -0.0337. The molecular formula is C14H8BrFN2OS. The normalized spacial score (nSPS) is 10.9. The first-order valence-corrected chi connectivity index (χ1v) is 7.14. The molecule has 2 aromatic rings. The SMILES string of the molecule is N#C/C(=C\c1ccc(Br)s1)C(=O)Nc1ccccc1F. The number of amides is 1. The number of thiophene rings is 1. The molecule has 0 saturated carbocycles. The van der Waals surface area contributed by atoms with Gasteiger partial charge < -0.3 is 5.32 Å². The van der Waals surface area contributed by atoms with Gasteiger partial charge in [-0.1, -0.05) is 12.1 Å². The molecule has 0 fully saturated rings. The van der Waals surface area contributed by atoms with Crippen LogP contribution >= 0.6 is 27.3 Å². The third-order valence-corrected chi connectivity index (χ3v) is 3.94. The number of carbonyl (C=O) groups is 1. The van der Waals surface area contributed by atoms with E-state index >= 15 is 0 Å². The Labute approximate surface area is 127 Å². The average molecular weight is 351 g/mol. The zero-order chi connectivity index (χ0) is 14.5. The summed E-state index contributed by atoms with van der Waals surface area (Å²) in [4.78, 5) is 12.7. The lowest BCUT2D eigenvalue weighted by Gasteiger charge is -2.04. The lowest BCUT2D eigenvalue weighted by atomic mass is 10.2. The molecule has 20 heavy (non-hydrogen) atoms. The van der Waals surface area contributed by atoms with E-state index in [0.717, 1.165) is 8.66 Å². The molecule has 1 aromatic heterocycles. The highest BCUT2D eigenvalue weighted by Gasteiger charge is 2.12. The number of hydrogen-bond acceptors (Lipinski definition) is 3. The maximum Gasteiger partial charge on any atom is 0.266 e. The minimum Gasteiger partial charge on any atom is -0.319 e. The van der Waals surface area contributed by atoms with Gasteiger partial charge in [0, 0.05) is 4.88 Å². The Morgan fingerprint density at radius 3 is 2.70 bits per heavy atom. The third-order valence-electron chi connectivity index (χ3n) is 2.37. The molecule has 1 heterocycles. The van der Waals surface area contributed by atoms with Gasteiger partial charge in [0.15, 0.2) is 0 Å². The predicted molar refractivity (Wildman–Crippen MR) is 80.6 cm³/mol. The van der Waals surface area contributed by atoms with Crippen LogP contribution in [0.4, 0.5) is 10.1 Å². The van der Waals surface area contributed by atoms with Crippen LogP contribution in [0.25, 0.3) is 6.08 Å². The van der Waals surface area contributed by atoms with E-state index < -0.39 is 11.7 Å². The molecule has 0 aliphatic rings. The minimum absolute atomic E-state index is 0.0472. The number of rotatable bonds is 3. The highest BCUT2D eigenvalue weighted by molar-refractivity contribution is 9.11. The van der Waals surface area contributed by atoms with Crippen LogP contribution in [0, 0.1) is 17.1 Å². The fourth-order valence-electron chi connectivity index (χ4n) is 1.45. The Balaban J connectivity index is 2.21. The van der Waals surface area contributed by atoms with Gasteiger partial charge in [0.05, 0.1) is 9.47 Å². The molecule has 1 aromatic carbocycles. The number of hydrogen-bond donors (Lipinski definition) is 1. The number of nitriles is 1. The van der Waals surface area contributed by atoms with Gasteiger partial charge >= 0.3 is 0 Å². The smallest absolute Gasteiger partial charge is 0.266 e. The lowest BCUT2D eigenvalue weighted by Crippen LogP contribution is -2.14. The number of benzene rings is 1. The van der Waals surface area contributed by atoms with Crippen LogP contribution in [0.15, 0.2) is 45.8 Å². The Morgan fingerprint density at radius 2 is 2.10 bits per heavy atom. The Hall–Kier alpha value is -1.97. The zero-order valence-electron chi connectivity index (χ0n) is 10.1. The monoisotopic (exact) mass is 350 g/mol. The van der Waals surface area contributed by atoms with Gasteiger partial charge in [-0.3, -0.25) is 4.79 Å². The summed E-state index contributed by atoms with van der Waals surface area (Å²) in [6.07, 6.45) is 1.46. The van der Waals surface area contributed by atoms with Crippen molar-refractivity contribution in [1.82, 2.24) is 0 Å². The fourth-order valence-corrected chi connectivity index (χ4v) is 2.82. The summed E-state index contributed by atoms with van der Waals surface area (Å²) in [7, 11) is 0. The van der Waals surface area contributed by atoms with Crippen molar-refractivity contribution in [3.63, 3.8) is 0 Å². The van der Waals surface area contributed by atoms with Gasteiger partial charge in [-0.05, 0) is 46.3 Å². The minimum atomic E-state index is -0.637. The van der Waals surface area contributed by atoms with Crippen molar-refractivity contribution in [2.45, 2.75) is 0 Å². The van der Waals surface area contributed by atoms with Crippen LogP contribution in [-0.2, 0) is 4.79 Å². The number of para-hydroxylation sites is 1. The van der Waals surface area contributed by atoms with E-state index in [9.17, 15) is 9.18 Å². The first kappa shape index (κ1) is 14.4. The predicted octanol–water partition coefficient (Wildman–Crippen LogP) is 4.20. The Bertz CT molecular complexity index is 718. The summed E-state index contributed by atoms with van der Waals surface area (Å²) >= 11 is 4.69. The molecule has 0 aliphatic heterocycles. The second-order valence-corrected chi connectivity index (χ2v) is 6.24. The van der Waals surface area contributed by atoms with Crippen LogP contribution < -0.4 is 5.32 Å². The van der Waals surface area contributed by atoms with Crippen molar-refractivity contribution in [2.75, 3.05) is 5.32 Å². The maximum absolute atomic E-state index is 13.4. The van der Waals surface area contributed by atoms with Crippen molar-refractivity contribution in [3.8, 4) is 6.07 Å². The Kier molecular flexibility index (Phi) is 4.66. The second kappa shape index (κ2) is 6.46. The molecule has 1 amide bonds. The van der Waals surface area contributed by atoms with Gasteiger partial charge in [-0.2, -0.15) is 5.26 Å². The largest absolute Gasteiger partial charge is 0.319 e. The van der Waals surface area contributed by atoms with E-state index in [4.69, 9.17) is 5.26 Å². The van der Waals surface area contributed by atoms with E-state index in [1.807, 2.05) is 12.1 Å². The molecule has 0 spiro atoms. The summed E-state index contributed by atoms with van der Waals surface area (Å²) in [6, 6.07) is 11.2. The van der Waals surface area contributed by atoms with E-state index in [1.165, 1.54) is 35.6 Å².